The molecule has 0 bridgehead atoms. The van der Waals surface area contributed by atoms with Gasteiger partial charge in [0.05, 0.1) is 27.7 Å². The second-order valence-corrected chi connectivity index (χ2v) is 15.4. The Hall–Kier alpha value is -7.55. The lowest BCUT2D eigenvalue weighted by Gasteiger charge is -2.34. The summed E-state index contributed by atoms with van der Waals surface area (Å²) in [6.07, 6.45) is 0. The monoisotopic (exact) mass is 736 g/mol. The second kappa shape index (κ2) is 12.7. The van der Waals surface area contributed by atoms with Crippen molar-refractivity contribution in [2.75, 3.05) is 0 Å². The van der Waals surface area contributed by atoms with Gasteiger partial charge in [-0.05, 0) is 74.8 Å². The van der Waals surface area contributed by atoms with Gasteiger partial charge in [-0.3, -0.25) is 0 Å². The molecule has 0 radical (unpaired) electrons. The van der Waals surface area contributed by atoms with E-state index in [9.17, 15) is 0 Å². The molecule has 2 heteroatoms. The summed E-state index contributed by atoms with van der Waals surface area (Å²) in [5.74, 6) is 0. The summed E-state index contributed by atoms with van der Waals surface area (Å²) in [7, 11) is 0. The summed E-state index contributed by atoms with van der Waals surface area (Å²) in [5, 5.41) is 6.01. The van der Waals surface area contributed by atoms with Crippen molar-refractivity contribution in [3.63, 3.8) is 0 Å². The third-order valence-electron chi connectivity index (χ3n) is 12.5. The average molecular weight is 737 g/mol. The Balaban J connectivity index is 1.05. The van der Waals surface area contributed by atoms with Crippen molar-refractivity contribution < 1.29 is 0 Å². The topological polar surface area (TPSA) is 17.8 Å². The van der Waals surface area contributed by atoms with Gasteiger partial charge in [-0.25, -0.2) is 4.98 Å². The van der Waals surface area contributed by atoms with Gasteiger partial charge in [0.2, 0.25) is 0 Å². The maximum absolute atomic E-state index is 5.39. The SMILES string of the molecule is c1ccc(-n2c3ccccc3c3ccc4c(-c5ccc(-c6ccc7c(c6)C(c6ccccc6)(c6ccccc6)c6ccccc6-7)cc5)nc5ccccc5c4c32)cc1. The number of fused-ring (bicyclic) bond motifs is 10. The second-order valence-electron chi connectivity index (χ2n) is 15.4. The van der Waals surface area contributed by atoms with Crippen LogP contribution in [0.25, 0.3) is 82.7 Å². The molecule has 0 saturated carbocycles. The van der Waals surface area contributed by atoms with Crippen LogP contribution in [0.15, 0.2) is 218 Å². The summed E-state index contributed by atoms with van der Waals surface area (Å²) >= 11 is 0. The van der Waals surface area contributed by atoms with Crippen LogP contribution < -0.4 is 0 Å². The van der Waals surface area contributed by atoms with Gasteiger partial charge >= 0.3 is 0 Å². The number of hydrogen-bond acceptors (Lipinski definition) is 1. The lowest BCUT2D eigenvalue weighted by molar-refractivity contribution is 0.769. The van der Waals surface area contributed by atoms with Gasteiger partial charge in [0, 0.05) is 38.2 Å². The molecule has 2 aromatic heterocycles. The molecule has 11 aromatic rings. The normalized spacial score (nSPS) is 13.0. The van der Waals surface area contributed by atoms with Crippen LogP contribution in [0.3, 0.4) is 0 Å². The van der Waals surface area contributed by atoms with Gasteiger partial charge in [0.15, 0.2) is 0 Å². The fourth-order valence-electron chi connectivity index (χ4n) is 10.0. The lowest BCUT2D eigenvalue weighted by atomic mass is 9.67. The van der Waals surface area contributed by atoms with E-state index < -0.39 is 5.41 Å². The largest absolute Gasteiger partial charge is 0.309 e. The minimum Gasteiger partial charge on any atom is -0.309 e. The Morgan fingerprint density at radius 3 is 1.71 bits per heavy atom. The Labute approximate surface area is 336 Å². The highest BCUT2D eigenvalue weighted by molar-refractivity contribution is 6.26. The van der Waals surface area contributed by atoms with E-state index in [1.54, 1.807) is 0 Å². The minimum absolute atomic E-state index is 0.439. The molecule has 1 aliphatic carbocycles. The van der Waals surface area contributed by atoms with Gasteiger partial charge in [-0.15, -0.1) is 0 Å². The first-order chi connectivity index (χ1) is 28.8. The van der Waals surface area contributed by atoms with Crippen molar-refractivity contribution in [2.24, 2.45) is 0 Å². The molecule has 12 rings (SSSR count). The highest BCUT2D eigenvalue weighted by Crippen LogP contribution is 2.56. The molecule has 0 aliphatic heterocycles. The Morgan fingerprint density at radius 2 is 0.948 bits per heavy atom. The van der Waals surface area contributed by atoms with E-state index in [2.05, 4.69) is 223 Å². The average Bonchev–Trinajstić information content (AvgIpc) is 3.80. The highest BCUT2D eigenvalue weighted by Gasteiger charge is 2.46. The van der Waals surface area contributed by atoms with Crippen molar-refractivity contribution in [3.05, 3.63) is 241 Å². The number of benzene rings is 9. The van der Waals surface area contributed by atoms with E-state index >= 15 is 0 Å². The van der Waals surface area contributed by atoms with Gasteiger partial charge in [-0.1, -0.05) is 188 Å². The smallest absolute Gasteiger partial charge is 0.0788 e. The zero-order valence-electron chi connectivity index (χ0n) is 31.7. The first kappa shape index (κ1) is 32.7. The molecule has 58 heavy (non-hydrogen) atoms. The fraction of sp³-hybridized carbons (Fsp3) is 0.0179. The molecule has 0 atom stereocenters. The van der Waals surface area contributed by atoms with Gasteiger partial charge in [0.1, 0.15) is 0 Å². The lowest BCUT2D eigenvalue weighted by Crippen LogP contribution is -2.28. The summed E-state index contributed by atoms with van der Waals surface area (Å²) in [4.78, 5) is 5.39. The number of pyridine rings is 1. The summed E-state index contributed by atoms with van der Waals surface area (Å²) in [6.45, 7) is 0. The van der Waals surface area contributed by atoms with Crippen molar-refractivity contribution in [1.29, 1.82) is 0 Å². The first-order valence-electron chi connectivity index (χ1n) is 20.1. The molecule has 9 aromatic carbocycles. The molecule has 1 aliphatic rings. The minimum atomic E-state index is -0.439. The van der Waals surface area contributed by atoms with Crippen molar-refractivity contribution in [2.45, 2.75) is 5.41 Å². The molecule has 0 saturated heterocycles. The molecule has 0 fully saturated rings. The Kier molecular flexibility index (Phi) is 7.18. The predicted octanol–water partition coefficient (Wildman–Crippen LogP) is 14.2. The Morgan fingerprint density at radius 1 is 0.379 bits per heavy atom. The fourth-order valence-corrected chi connectivity index (χ4v) is 10.0. The number of rotatable bonds is 5. The van der Waals surface area contributed by atoms with E-state index in [0.29, 0.717) is 0 Å². The van der Waals surface area contributed by atoms with Crippen LogP contribution in [0.5, 0.6) is 0 Å². The van der Waals surface area contributed by atoms with Crippen LogP contribution in [0.4, 0.5) is 0 Å². The van der Waals surface area contributed by atoms with Gasteiger partial charge < -0.3 is 4.57 Å². The summed E-state index contributed by atoms with van der Waals surface area (Å²) in [6, 6.07) is 79.8. The predicted molar refractivity (Wildman–Crippen MR) is 242 cm³/mol. The van der Waals surface area contributed by atoms with Crippen molar-refractivity contribution in [1.82, 2.24) is 9.55 Å². The molecular weight excluding hydrogens is 701 g/mol. The van der Waals surface area contributed by atoms with Crippen LogP contribution in [0, 0.1) is 0 Å². The van der Waals surface area contributed by atoms with Crippen molar-refractivity contribution >= 4 is 43.5 Å². The van der Waals surface area contributed by atoms with Crippen LogP contribution in [-0.2, 0) is 5.41 Å². The van der Waals surface area contributed by atoms with Crippen LogP contribution >= 0.6 is 0 Å². The number of aromatic nitrogens is 2. The Bertz CT molecular complexity index is 3320. The number of nitrogens with zero attached hydrogens (tertiary/aromatic N) is 2. The van der Waals surface area contributed by atoms with E-state index in [-0.39, 0.29) is 0 Å². The zero-order valence-corrected chi connectivity index (χ0v) is 31.7. The number of hydrogen-bond donors (Lipinski definition) is 0. The van der Waals surface area contributed by atoms with Gasteiger partial charge in [0.25, 0.3) is 0 Å². The molecule has 0 unspecified atom stereocenters. The molecule has 2 heterocycles. The standard InChI is InChI=1S/C56H36N2/c1-4-16-40(17-5-1)56(41-18-6-2-7-19-41)49-25-13-10-22-43(49)44-33-32-39(36-50(44)56)37-28-30-38(31-29-37)54-48-35-34-46-45-23-12-15-27-52(45)58(42-20-8-3-9-21-42)55(46)53(48)47-24-11-14-26-51(47)57-54/h1-36H. The molecule has 2 nitrogen and oxygen atoms in total. The molecule has 0 spiro atoms. The molecule has 0 N–H and O–H groups in total. The van der Waals surface area contributed by atoms with Crippen LogP contribution in [0.2, 0.25) is 0 Å². The quantitative estimate of drug-likeness (QED) is 0.161. The van der Waals surface area contributed by atoms with E-state index in [4.69, 9.17) is 4.98 Å². The molecular formula is C56H36N2. The summed E-state index contributed by atoms with van der Waals surface area (Å²) < 4.78 is 2.43. The van der Waals surface area contributed by atoms with Crippen LogP contribution in [-0.4, -0.2) is 9.55 Å². The maximum Gasteiger partial charge on any atom is 0.0788 e. The maximum atomic E-state index is 5.39. The van der Waals surface area contributed by atoms with E-state index in [1.807, 2.05) is 0 Å². The third-order valence-corrected chi connectivity index (χ3v) is 12.5. The zero-order chi connectivity index (χ0) is 38.2. The molecule has 0 amide bonds. The molecule has 270 valence electrons. The van der Waals surface area contributed by atoms with Gasteiger partial charge in [-0.2, -0.15) is 0 Å². The number of para-hydroxylation sites is 3. The van der Waals surface area contributed by atoms with Crippen molar-refractivity contribution in [3.8, 4) is 39.2 Å². The highest BCUT2D eigenvalue weighted by atomic mass is 15.0. The first-order valence-corrected chi connectivity index (χ1v) is 20.1. The van der Waals surface area contributed by atoms with E-state index in [0.717, 1.165) is 33.2 Å². The van der Waals surface area contributed by atoms with E-state index in [1.165, 1.54) is 71.7 Å². The third kappa shape index (κ3) is 4.63. The summed E-state index contributed by atoms with van der Waals surface area (Å²) in [5.41, 5.74) is 16.3. The van der Waals surface area contributed by atoms with Crippen LogP contribution in [0.1, 0.15) is 22.3 Å².